The molecule has 1 rings (SSSR count). The highest BCUT2D eigenvalue weighted by Crippen LogP contribution is 2.13. The van der Waals surface area contributed by atoms with Crippen LogP contribution in [0, 0.1) is 0 Å². The molecule has 0 radical (unpaired) electrons. The molecule has 4 nitrogen and oxygen atoms in total. The molecule has 0 saturated heterocycles. The Morgan fingerprint density at radius 2 is 1.94 bits per heavy atom. The summed E-state index contributed by atoms with van der Waals surface area (Å²) in [6.07, 6.45) is 1.15. The van der Waals surface area contributed by atoms with Crippen LogP contribution in [0.25, 0.3) is 0 Å². The molecule has 1 amide bonds. The SMILES string of the molecule is CCOc1ccc(CCC(=O)N(C)OC)cc1. The summed E-state index contributed by atoms with van der Waals surface area (Å²) in [7, 11) is 3.09. The van der Waals surface area contributed by atoms with E-state index in [1.807, 2.05) is 31.2 Å². The predicted octanol–water partition coefficient (Wildman–Crippen LogP) is 2.04. The topological polar surface area (TPSA) is 38.8 Å². The molecule has 0 fully saturated rings. The van der Waals surface area contributed by atoms with Crippen molar-refractivity contribution < 1.29 is 14.4 Å². The molecule has 0 unspecified atom stereocenters. The predicted molar refractivity (Wildman–Crippen MR) is 65.7 cm³/mol. The number of benzene rings is 1. The molecule has 1 aromatic carbocycles. The number of hydrogen-bond donors (Lipinski definition) is 0. The summed E-state index contributed by atoms with van der Waals surface area (Å²) in [4.78, 5) is 16.3. The third-order valence-corrected chi connectivity index (χ3v) is 2.49. The van der Waals surface area contributed by atoms with Crippen LogP contribution in [-0.2, 0) is 16.1 Å². The molecule has 0 atom stereocenters. The van der Waals surface area contributed by atoms with Crippen molar-refractivity contribution in [3.8, 4) is 5.75 Å². The molecule has 0 heterocycles. The fourth-order valence-corrected chi connectivity index (χ4v) is 1.43. The Bertz CT molecular complexity index is 348. The highest BCUT2D eigenvalue weighted by Gasteiger charge is 2.07. The van der Waals surface area contributed by atoms with E-state index in [1.54, 1.807) is 7.05 Å². The van der Waals surface area contributed by atoms with Crippen LogP contribution in [0.3, 0.4) is 0 Å². The molecule has 0 aliphatic carbocycles. The summed E-state index contributed by atoms with van der Waals surface area (Å²) in [6.45, 7) is 2.61. The second-order valence-corrected chi connectivity index (χ2v) is 3.65. The van der Waals surface area contributed by atoms with Gasteiger partial charge in [-0.3, -0.25) is 9.63 Å². The monoisotopic (exact) mass is 237 g/mol. The highest BCUT2D eigenvalue weighted by molar-refractivity contribution is 5.75. The van der Waals surface area contributed by atoms with E-state index in [0.717, 1.165) is 11.3 Å². The van der Waals surface area contributed by atoms with Crippen molar-refractivity contribution in [2.75, 3.05) is 20.8 Å². The second-order valence-electron chi connectivity index (χ2n) is 3.65. The number of aryl methyl sites for hydroxylation is 1. The zero-order chi connectivity index (χ0) is 12.7. The van der Waals surface area contributed by atoms with Crippen molar-refractivity contribution in [3.05, 3.63) is 29.8 Å². The van der Waals surface area contributed by atoms with Crippen LogP contribution in [0.2, 0.25) is 0 Å². The minimum absolute atomic E-state index is 0.0265. The normalized spacial score (nSPS) is 10.1. The summed E-state index contributed by atoms with van der Waals surface area (Å²) < 4.78 is 5.35. The molecule has 0 aromatic heterocycles. The summed E-state index contributed by atoms with van der Waals surface area (Å²) in [5, 5.41) is 1.24. The van der Waals surface area contributed by atoms with Crippen LogP contribution in [0.4, 0.5) is 0 Å². The Balaban J connectivity index is 2.44. The first-order chi connectivity index (χ1) is 8.17. The van der Waals surface area contributed by atoms with Gasteiger partial charge in [0, 0.05) is 13.5 Å². The van der Waals surface area contributed by atoms with Crippen LogP contribution in [0.15, 0.2) is 24.3 Å². The van der Waals surface area contributed by atoms with E-state index in [4.69, 9.17) is 9.57 Å². The van der Waals surface area contributed by atoms with Gasteiger partial charge < -0.3 is 4.74 Å². The van der Waals surface area contributed by atoms with Gasteiger partial charge in [0.2, 0.25) is 5.91 Å². The number of ether oxygens (including phenoxy) is 1. The number of rotatable bonds is 6. The largest absolute Gasteiger partial charge is 0.494 e. The zero-order valence-corrected chi connectivity index (χ0v) is 10.6. The van der Waals surface area contributed by atoms with Crippen molar-refractivity contribution in [1.82, 2.24) is 5.06 Å². The van der Waals surface area contributed by atoms with E-state index >= 15 is 0 Å². The maximum atomic E-state index is 11.5. The van der Waals surface area contributed by atoms with Gasteiger partial charge in [0.25, 0.3) is 0 Å². The van der Waals surface area contributed by atoms with Gasteiger partial charge in [0.15, 0.2) is 0 Å². The Morgan fingerprint density at radius 1 is 1.29 bits per heavy atom. The molecule has 0 aliphatic heterocycles. The first kappa shape index (κ1) is 13.5. The van der Waals surface area contributed by atoms with Gasteiger partial charge in [-0.2, -0.15) is 0 Å². The van der Waals surface area contributed by atoms with Crippen LogP contribution in [0.5, 0.6) is 5.75 Å². The number of hydrogen-bond acceptors (Lipinski definition) is 3. The molecule has 0 N–H and O–H groups in total. The number of nitrogens with zero attached hydrogens (tertiary/aromatic N) is 1. The lowest BCUT2D eigenvalue weighted by Gasteiger charge is -2.13. The second kappa shape index (κ2) is 6.91. The lowest BCUT2D eigenvalue weighted by molar-refractivity contribution is -0.168. The van der Waals surface area contributed by atoms with Crippen molar-refractivity contribution in [1.29, 1.82) is 0 Å². The van der Waals surface area contributed by atoms with E-state index < -0.39 is 0 Å². The zero-order valence-electron chi connectivity index (χ0n) is 10.6. The number of carbonyl (C=O) groups excluding carboxylic acids is 1. The van der Waals surface area contributed by atoms with Crippen molar-refractivity contribution >= 4 is 5.91 Å². The lowest BCUT2D eigenvalue weighted by Crippen LogP contribution is -2.25. The summed E-state index contributed by atoms with van der Waals surface area (Å²) in [6, 6.07) is 7.79. The van der Waals surface area contributed by atoms with Crippen LogP contribution in [-0.4, -0.2) is 31.7 Å². The molecule has 94 valence electrons. The van der Waals surface area contributed by atoms with E-state index in [2.05, 4.69) is 0 Å². The fraction of sp³-hybridized carbons (Fsp3) is 0.462. The van der Waals surface area contributed by atoms with E-state index in [9.17, 15) is 4.79 Å². The van der Waals surface area contributed by atoms with Gasteiger partial charge in [-0.1, -0.05) is 12.1 Å². The average molecular weight is 237 g/mol. The fourth-order valence-electron chi connectivity index (χ4n) is 1.43. The van der Waals surface area contributed by atoms with E-state index in [1.165, 1.54) is 12.2 Å². The van der Waals surface area contributed by atoms with Gasteiger partial charge in [-0.05, 0) is 31.0 Å². The Hall–Kier alpha value is -1.55. The summed E-state index contributed by atoms with van der Waals surface area (Å²) in [5.74, 6) is 0.831. The molecule has 0 spiro atoms. The Morgan fingerprint density at radius 3 is 2.47 bits per heavy atom. The van der Waals surface area contributed by atoms with Gasteiger partial charge in [-0.15, -0.1) is 0 Å². The first-order valence-electron chi connectivity index (χ1n) is 5.69. The number of amides is 1. The molecule has 0 aliphatic rings. The molecule has 0 bridgehead atoms. The van der Waals surface area contributed by atoms with Crippen LogP contribution in [0.1, 0.15) is 18.9 Å². The highest BCUT2D eigenvalue weighted by atomic mass is 16.7. The first-order valence-corrected chi connectivity index (χ1v) is 5.69. The van der Waals surface area contributed by atoms with E-state index in [-0.39, 0.29) is 5.91 Å². The summed E-state index contributed by atoms with van der Waals surface area (Å²) in [5.41, 5.74) is 1.12. The quantitative estimate of drug-likeness (QED) is 0.711. The molecular weight excluding hydrogens is 218 g/mol. The average Bonchev–Trinajstić information content (AvgIpc) is 2.37. The minimum Gasteiger partial charge on any atom is -0.494 e. The van der Waals surface area contributed by atoms with Gasteiger partial charge in [-0.25, -0.2) is 5.06 Å². The Kier molecular flexibility index (Phi) is 5.49. The maximum Gasteiger partial charge on any atom is 0.246 e. The summed E-state index contributed by atoms with van der Waals surface area (Å²) >= 11 is 0. The molecule has 17 heavy (non-hydrogen) atoms. The van der Waals surface area contributed by atoms with Crippen molar-refractivity contribution in [3.63, 3.8) is 0 Å². The number of hydroxylamine groups is 2. The van der Waals surface area contributed by atoms with Gasteiger partial charge >= 0.3 is 0 Å². The maximum absolute atomic E-state index is 11.5. The third-order valence-electron chi connectivity index (χ3n) is 2.49. The standard InChI is InChI=1S/C13H19NO3/c1-4-17-12-8-5-11(6-9-12)7-10-13(15)14(2)16-3/h5-6,8-9H,4,7,10H2,1-3H3. The Labute approximate surface area is 102 Å². The van der Waals surface area contributed by atoms with Crippen LogP contribution < -0.4 is 4.74 Å². The molecule has 1 aromatic rings. The van der Waals surface area contributed by atoms with E-state index in [0.29, 0.717) is 19.4 Å². The third kappa shape index (κ3) is 4.44. The molecular formula is C13H19NO3. The lowest BCUT2D eigenvalue weighted by atomic mass is 10.1. The van der Waals surface area contributed by atoms with Crippen molar-refractivity contribution in [2.24, 2.45) is 0 Å². The molecule has 4 heteroatoms. The minimum atomic E-state index is -0.0265. The van der Waals surface area contributed by atoms with Crippen molar-refractivity contribution in [2.45, 2.75) is 19.8 Å². The smallest absolute Gasteiger partial charge is 0.246 e. The van der Waals surface area contributed by atoms with Gasteiger partial charge in [0.1, 0.15) is 5.75 Å². The van der Waals surface area contributed by atoms with Gasteiger partial charge in [0.05, 0.1) is 13.7 Å². The molecule has 0 saturated carbocycles. The number of carbonyl (C=O) groups is 1. The van der Waals surface area contributed by atoms with Crippen LogP contribution >= 0.6 is 0 Å².